The van der Waals surface area contributed by atoms with Gasteiger partial charge in [-0.25, -0.2) is 0 Å². The predicted octanol–water partition coefficient (Wildman–Crippen LogP) is 4.87. The van der Waals surface area contributed by atoms with Crippen LogP contribution < -0.4 is 19.6 Å². The molecular weight excluding hydrogens is 446 g/mol. The second-order valence-electron chi connectivity index (χ2n) is 8.45. The summed E-state index contributed by atoms with van der Waals surface area (Å²) in [6, 6.07) is 17.8. The van der Waals surface area contributed by atoms with Gasteiger partial charge in [0.05, 0.1) is 38.3 Å². The third-order valence-electron chi connectivity index (χ3n) is 6.32. The lowest BCUT2D eigenvalue weighted by atomic mass is 9.97. The molecule has 3 aromatic carbocycles. The Kier molecular flexibility index (Phi) is 5.68. The van der Waals surface area contributed by atoms with Crippen LogP contribution in [0.15, 0.2) is 69.9 Å². The van der Waals surface area contributed by atoms with Crippen molar-refractivity contribution in [2.45, 2.75) is 19.5 Å². The zero-order chi connectivity index (χ0) is 24.7. The van der Waals surface area contributed by atoms with Crippen molar-refractivity contribution < 1.29 is 23.4 Å². The number of methoxy groups -OCH3 is 3. The zero-order valence-electron chi connectivity index (χ0n) is 20.0. The molecule has 0 saturated carbocycles. The van der Waals surface area contributed by atoms with E-state index in [1.165, 1.54) is 21.3 Å². The second-order valence-corrected chi connectivity index (χ2v) is 8.45. The minimum absolute atomic E-state index is 0.0565. The molecule has 0 saturated heterocycles. The molecule has 178 valence electrons. The van der Waals surface area contributed by atoms with Gasteiger partial charge >= 0.3 is 0 Å². The molecule has 0 fully saturated rings. The molecule has 0 aliphatic carbocycles. The van der Waals surface area contributed by atoms with Crippen molar-refractivity contribution in [1.29, 1.82) is 0 Å². The Morgan fingerprint density at radius 2 is 1.57 bits per heavy atom. The van der Waals surface area contributed by atoms with Crippen molar-refractivity contribution in [3.63, 3.8) is 0 Å². The lowest BCUT2D eigenvalue weighted by molar-refractivity contribution is 0.0714. The van der Waals surface area contributed by atoms with E-state index in [9.17, 15) is 9.59 Å². The quantitative estimate of drug-likeness (QED) is 0.399. The van der Waals surface area contributed by atoms with Gasteiger partial charge in [0.15, 0.2) is 16.9 Å². The predicted molar refractivity (Wildman–Crippen MR) is 131 cm³/mol. The van der Waals surface area contributed by atoms with Crippen LogP contribution in [0.4, 0.5) is 0 Å². The van der Waals surface area contributed by atoms with Gasteiger partial charge in [-0.15, -0.1) is 0 Å². The van der Waals surface area contributed by atoms with E-state index in [1.807, 2.05) is 43.3 Å². The molecule has 1 aliphatic heterocycles. The van der Waals surface area contributed by atoms with Gasteiger partial charge in [0.1, 0.15) is 5.58 Å². The summed E-state index contributed by atoms with van der Waals surface area (Å²) in [5.41, 5.74) is 2.98. The number of carbonyl (C=O) groups is 1. The van der Waals surface area contributed by atoms with Gasteiger partial charge < -0.3 is 23.5 Å². The van der Waals surface area contributed by atoms with Crippen molar-refractivity contribution in [1.82, 2.24) is 4.90 Å². The molecule has 0 spiro atoms. The number of nitrogens with zero attached hydrogens (tertiary/aromatic N) is 1. The molecule has 2 heterocycles. The average molecular weight is 472 g/mol. The number of ether oxygens (including phenoxy) is 3. The van der Waals surface area contributed by atoms with Crippen molar-refractivity contribution in [2.24, 2.45) is 0 Å². The molecule has 0 radical (unpaired) electrons. The van der Waals surface area contributed by atoms with Gasteiger partial charge in [-0.2, -0.15) is 0 Å². The van der Waals surface area contributed by atoms with Crippen LogP contribution in [-0.4, -0.2) is 32.1 Å². The summed E-state index contributed by atoms with van der Waals surface area (Å²) in [5.74, 6) is 1.01. The highest BCUT2D eigenvalue weighted by atomic mass is 16.5. The topological polar surface area (TPSA) is 78.2 Å². The third kappa shape index (κ3) is 3.69. The Morgan fingerprint density at radius 1 is 0.886 bits per heavy atom. The summed E-state index contributed by atoms with van der Waals surface area (Å²) in [4.78, 5) is 29.1. The van der Waals surface area contributed by atoms with Crippen LogP contribution in [-0.2, 0) is 6.54 Å². The van der Waals surface area contributed by atoms with E-state index in [0.29, 0.717) is 45.9 Å². The van der Waals surface area contributed by atoms with Gasteiger partial charge in [-0.3, -0.25) is 9.59 Å². The fourth-order valence-electron chi connectivity index (χ4n) is 4.68. The van der Waals surface area contributed by atoms with Gasteiger partial charge in [-0.1, -0.05) is 42.0 Å². The Balaban J connectivity index is 1.78. The largest absolute Gasteiger partial charge is 0.493 e. The maximum absolute atomic E-state index is 13.8. The summed E-state index contributed by atoms with van der Waals surface area (Å²) in [7, 11) is 4.58. The van der Waals surface area contributed by atoms with Gasteiger partial charge in [0, 0.05) is 6.54 Å². The highest BCUT2D eigenvalue weighted by molar-refractivity contribution is 5.99. The third-order valence-corrected chi connectivity index (χ3v) is 6.32. The number of hydrogen-bond acceptors (Lipinski definition) is 6. The number of hydrogen-bond donors (Lipinski definition) is 0. The van der Waals surface area contributed by atoms with E-state index in [2.05, 4.69) is 0 Å². The van der Waals surface area contributed by atoms with E-state index < -0.39 is 6.04 Å². The molecular formula is C28H25NO6. The van der Waals surface area contributed by atoms with Crippen molar-refractivity contribution in [3.05, 3.63) is 98.9 Å². The molecule has 1 aliphatic rings. The van der Waals surface area contributed by atoms with E-state index in [4.69, 9.17) is 18.6 Å². The highest BCUT2D eigenvalue weighted by Gasteiger charge is 2.43. The molecule has 35 heavy (non-hydrogen) atoms. The maximum atomic E-state index is 13.8. The van der Waals surface area contributed by atoms with Crippen LogP contribution in [0.3, 0.4) is 0 Å². The second kappa shape index (κ2) is 8.83. The van der Waals surface area contributed by atoms with E-state index in [0.717, 1.165) is 11.1 Å². The standard InChI is InChI=1S/C28H25NO6/c1-16-10-11-20-19(12-16)25(30)23-24(18-13-21(32-2)26(34-4)22(14-18)33-3)29(28(31)27(23)35-20)15-17-8-6-5-7-9-17/h5-14,24H,15H2,1-4H3. The number of amides is 1. The summed E-state index contributed by atoms with van der Waals surface area (Å²) in [5, 5.41) is 0.440. The number of benzene rings is 3. The summed E-state index contributed by atoms with van der Waals surface area (Å²) >= 11 is 0. The van der Waals surface area contributed by atoms with Gasteiger partial charge in [-0.05, 0) is 42.3 Å². The Hall–Kier alpha value is -4.26. The number of fused-ring (bicyclic) bond motifs is 2. The van der Waals surface area contributed by atoms with Crippen LogP contribution in [0, 0.1) is 6.92 Å². The number of rotatable bonds is 6. The average Bonchev–Trinajstić information content (AvgIpc) is 3.15. The SMILES string of the molecule is COc1cc(C2c3c(oc4ccc(C)cc4c3=O)C(=O)N2Cc2ccccc2)cc(OC)c1OC. The molecule has 0 bridgehead atoms. The maximum Gasteiger partial charge on any atom is 0.291 e. The molecule has 1 aromatic heterocycles. The molecule has 5 rings (SSSR count). The van der Waals surface area contributed by atoms with Crippen LogP contribution in [0.5, 0.6) is 17.2 Å². The zero-order valence-corrected chi connectivity index (χ0v) is 20.0. The first kappa shape index (κ1) is 22.5. The summed E-state index contributed by atoms with van der Waals surface area (Å²) in [6.07, 6.45) is 0. The van der Waals surface area contributed by atoms with E-state index in [-0.39, 0.29) is 17.1 Å². The first-order chi connectivity index (χ1) is 17.0. The van der Waals surface area contributed by atoms with E-state index in [1.54, 1.807) is 29.2 Å². The first-order valence-corrected chi connectivity index (χ1v) is 11.2. The minimum Gasteiger partial charge on any atom is -0.493 e. The first-order valence-electron chi connectivity index (χ1n) is 11.2. The van der Waals surface area contributed by atoms with Crippen LogP contribution in [0.1, 0.15) is 38.9 Å². The van der Waals surface area contributed by atoms with Crippen LogP contribution in [0.2, 0.25) is 0 Å². The molecule has 0 N–H and O–H groups in total. The fourth-order valence-corrected chi connectivity index (χ4v) is 4.68. The molecule has 7 heteroatoms. The molecule has 1 atom stereocenters. The molecule has 7 nitrogen and oxygen atoms in total. The van der Waals surface area contributed by atoms with Crippen LogP contribution >= 0.6 is 0 Å². The lowest BCUT2D eigenvalue weighted by Gasteiger charge is -2.26. The lowest BCUT2D eigenvalue weighted by Crippen LogP contribution is -2.29. The highest BCUT2D eigenvalue weighted by Crippen LogP contribution is 2.45. The van der Waals surface area contributed by atoms with Crippen molar-refractivity contribution in [3.8, 4) is 17.2 Å². The van der Waals surface area contributed by atoms with Gasteiger partial charge in [0.25, 0.3) is 5.91 Å². The fraction of sp³-hybridized carbons (Fsp3) is 0.214. The number of carbonyl (C=O) groups excluding carboxylic acids is 1. The van der Waals surface area contributed by atoms with Gasteiger partial charge in [0.2, 0.25) is 11.5 Å². The normalized spacial score (nSPS) is 14.8. The monoisotopic (exact) mass is 471 g/mol. The van der Waals surface area contributed by atoms with E-state index >= 15 is 0 Å². The Labute approximate surface area is 202 Å². The van der Waals surface area contributed by atoms with Crippen molar-refractivity contribution in [2.75, 3.05) is 21.3 Å². The van der Waals surface area contributed by atoms with Crippen LogP contribution in [0.25, 0.3) is 11.0 Å². The molecule has 1 unspecified atom stereocenters. The smallest absolute Gasteiger partial charge is 0.291 e. The number of aryl methyl sites for hydroxylation is 1. The Morgan fingerprint density at radius 3 is 2.20 bits per heavy atom. The summed E-state index contributed by atoms with van der Waals surface area (Å²) in [6.45, 7) is 2.20. The molecule has 1 amide bonds. The minimum atomic E-state index is -0.701. The summed E-state index contributed by atoms with van der Waals surface area (Å²) < 4.78 is 22.6. The Bertz CT molecular complexity index is 1470. The molecule has 4 aromatic rings. The van der Waals surface area contributed by atoms with Crippen molar-refractivity contribution >= 4 is 16.9 Å².